The molecule has 0 aliphatic rings. The van der Waals surface area contributed by atoms with Crippen molar-refractivity contribution < 1.29 is 14.7 Å². The van der Waals surface area contributed by atoms with E-state index in [1.165, 1.54) is 25.8 Å². The fourth-order valence-electron chi connectivity index (χ4n) is 1.10. The van der Waals surface area contributed by atoms with E-state index in [-0.39, 0.29) is 6.03 Å². The second-order valence-electron chi connectivity index (χ2n) is 4.36. The second-order valence-corrected chi connectivity index (χ2v) is 4.36. The molecule has 0 fully saturated rings. The summed E-state index contributed by atoms with van der Waals surface area (Å²) in [4.78, 5) is 23.8. The molecule has 100 valence electrons. The number of likely N-dealkylation sites (N-methyl/N-ethyl adjacent to an activating group) is 1. The molecule has 0 rings (SSSR count). The van der Waals surface area contributed by atoms with E-state index in [2.05, 4.69) is 10.6 Å². The number of carboxylic acids is 1. The summed E-state index contributed by atoms with van der Waals surface area (Å²) in [6, 6.07) is -0.367. The molecule has 0 heterocycles. The highest BCUT2D eigenvalue weighted by Gasteiger charge is 2.34. The molecule has 0 unspecified atom stereocenters. The Balaban J connectivity index is 4.02. The van der Waals surface area contributed by atoms with E-state index < -0.39 is 11.5 Å². The Morgan fingerprint density at radius 2 is 1.88 bits per heavy atom. The minimum Gasteiger partial charge on any atom is -0.480 e. The van der Waals surface area contributed by atoms with Gasteiger partial charge in [0.1, 0.15) is 5.54 Å². The first-order valence-electron chi connectivity index (χ1n) is 5.79. The number of hydrogen-bond acceptors (Lipinski definition) is 3. The summed E-state index contributed by atoms with van der Waals surface area (Å²) < 4.78 is 0. The van der Waals surface area contributed by atoms with Gasteiger partial charge >= 0.3 is 12.0 Å². The molecule has 0 aromatic heterocycles. The Labute approximate surface area is 102 Å². The number of rotatable bonds is 7. The lowest BCUT2D eigenvalue weighted by Gasteiger charge is -2.31. The van der Waals surface area contributed by atoms with Crippen LogP contribution in [0.3, 0.4) is 0 Å². The maximum Gasteiger partial charge on any atom is 0.329 e. The van der Waals surface area contributed by atoms with Crippen molar-refractivity contribution >= 4 is 12.0 Å². The van der Waals surface area contributed by atoms with E-state index in [0.29, 0.717) is 6.54 Å². The molecule has 0 aliphatic heterocycles. The number of carbonyl (C=O) groups excluding carboxylic acids is 1. The number of aliphatic carboxylic acids is 1. The SMILES string of the molecule is CCNCCCNC(=O)N(C)C(C)(C)C(=O)O. The van der Waals surface area contributed by atoms with E-state index in [1.807, 2.05) is 6.92 Å². The summed E-state index contributed by atoms with van der Waals surface area (Å²) in [5, 5.41) is 14.8. The maximum absolute atomic E-state index is 11.7. The standard InChI is InChI=1S/C11H23N3O3/c1-5-12-7-6-8-13-10(17)14(4)11(2,3)9(15)16/h12H,5-8H2,1-4H3,(H,13,17)(H,15,16). The van der Waals surface area contributed by atoms with Gasteiger partial charge in [-0.3, -0.25) is 0 Å². The van der Waals surface area contributed by atoms with Crippen LogP contribution >= 0.6 is 0 Å². The third-order valence-corrected chi connectivity index (χ3v) is 2.72. The highest BCUT2D eigenvalue weighted by Crippen LogP contribution is 2.12. The number of nitrogens with zero attached hydrogens (tertiary/aromatic N) is 1. The first-order valence-corrected chi connectivity index (χ1v) is 5.79. The summed E-state index contributed by atoms with van der Waals surface area (Å²) in [5.41, 5.74) is -1.20. The van der Waals surface area contributed by atoms with Crippen LogP contribution in [0.4, 0.5) is 4.79 Å². The molecule has 0 aromatic rings. The van der Waals surface area contributed by atoms with Crippen molar-refractivity contribution in [2.75, 3.05) is 26.7 Å². The monoisotopic (exact) mass is 245 g/mol. The van der Waals surface area contributed by atoms with Crippen molar-refractivity contribution in [2.45, 2.75) is 32.7 Å². The highest BCUT2D eigenvalue weighted by molar-refractivity contribution is 5.85. The molecule has 0 saturated carbocycles. The first-order chi connectivity index (χ1) is 7.84. The van der Waals surface area contributed by atoms with E-state index >= 15 is 0 Å². The van der Waals surface area contributed by atoms with Gasteiger partial charge in [-0.05, 0) is 33.4 Å². The van der Waals surface area contributed by atoms with Crippen molar-refractivity contribution in [3.8, 4) is 0 Å². The van der Waals surface area contributed by atoms with Crippen LogP contribution in [0.15, 0.2) is 0 Å². The van der Waals surface area contributed by atoms with Crippen LogP contribution in [0, 0.1) is 0 Å². The number of amides is 2. The maximum atomic E-state index is 11.7. The van der Waals surface area contributed by atoms with E-state index in [0.717, 1.165) is 19.5 Å². The van der Waals surface area contributed by atoms with Gasteiger partial charge in [0.05, 0.1) is 0 Å². The van der Waals surface area contributed by atoms with Crippen molar-refractivity contribution in [1.82, 2.24) is 15.5 Å². The zero-order chi connectivity index (χ0) is 13.5. The van der Waals surface area contributed by atoms with Crippen LogP contribution in [-0.2, 0) is 4.79 Å². The van der Waals surface area contributed by atoms with Crippen LogP contribution in [-0.4, -0.2) is 54.2 Å². The average Bonchev–Trinajstić information content (AvgIpc) is 2.27. The molecule has 0 atom stereocenters. The van der Waals surface area contributed by atoms with Crippen LogP contribution in [0.25, 0.3) is 0 Å². The number of carbonyl (C=O) groups is 2. The van der Waals surface area contributed by atoms with Gasteiger partial charge in [0.15, 0.2) is 0 Å². The Hall–Kier alpha value is -1.30. The summed E-state index contributed by atoms with van der Waals surface area (Å²) in [7, 11) is 1.48. The van der Waals surface area contributed by atoms with Gasteiger partial charge in [-0.15, -0.1) is 0 Å². The number of carboxylic acid groups (broad SMARTS) is 1. The molecule has 0 aliphatic carbocycles. The highest BCUT2D eigenvalue weighted by atomic mass is 16.4. The first kappa shape index (κ1) is 15.7. The van der Waals surface area contributed by atoms with Gasteiger partial charge in [0.25, 0.3) is 0 Å². The van der Waals surface area contributed by atoms with Gasteiger partial charge in [-0.25, -0.2) is 9.59 Å². The molecular formula is C11H23N3O3. The van der Waals surface area contributed by atoms with Crippen LogP contribution in [0.2, 0.25) is 0 Å². The largest absolute Gasteiger partial charge is 0.480 e. The molecule has 17 heavy (non-hydrogen) atoms. The number of hydrogen-bond donors (Lipinski definition) is 3. The third-order valence-electron chi connectivity index (χ3n) is 2.72. The van der Waals surface area contributed by atoms with Gasteiger partial charge in [0.2, 0.25) is 0 Å². The lowest BCUT2D eigenvalue weighted by molar-refractivity contribution is -0.146. The zero-order valence-electron chi connectivity index (χ0n) is 11.0. The molecule has 0 saturated heterocycles. The van der Waals surface area contributed by atoms with E-state index in [9.17, 15) is 9.59 Å². The minimum atomic E-state index is -1.20. The van der Waals surface area contributed by atoms with Gasteiger partial charge in [0, 0.05) is 13.6 Å². The van der Waals surface area contributed by atoms with Gasteiger partial charge in [-0.1, -0.05) is 6.92 Å². The number of nitrogens with one attached hydrogen (secondary N) is 2. The Bertz CT molecular complexity index is 267. The van der Waals surface area contributed by atoms with Gasteiger partial charge in [-0.2, -0.15) is 0 Å². The zero-order valence-corrected chi connectivity index (χ0v) is 11.0. The van der Waals surface area contributed by atoms with Crippen molar-refractivity contribution in [1.29, 1.82) is 0 Å². The fraction of sp³-hybridized carbons (Fsp3) is 0.818. The molecule has 0 bridgehead atoms. The molecule has 0 aromatic carbocycles. The Morgan fingerprint density at radius 3 is 2.35 bits per heavy atom. The molecule has 3 N–H and O–H groups in total. The Kier molecular flexibility index (Phi) is 6.57. The predicted octanol–water partition coefficient (Wildman–Crippen LogP) is 0.491. The summed E-state index contributed by atoms with van der Waals surface area (Å²) in [6.07, 6.45) is 0.820. The predicted molar refractivity (Wildman–Crippen MR) is 66.0 cm³/mol. The quantitative estimate of drug-likeness (QED) is 0.570. The fourth-order valence-corrected chi connectivity index (χ4v) is 1.10. The molecule has 6 nitrogen and oxygen atoms in total. The topological polar surface area (TPSA) is 81.7 Å². The summed E-state index contributed by atoms with van der Waals surface area (Å²) in [5.74, 6) is -1.03. The molecule has 2 amide bonds. The Morgan fingerprint density at radius 1 is 1.29 bits per heavy atom. The van der Waals surface area contributed by atoms with Crippen LogP contribution in [0.1, 0.15) is 27.2 Å². The van der Waals surface area contributed by atoms with Crippen molar-refractivity contribution in [3.05, 3.63) is 0 Å². The lowest BCUT2D eigenvalue weighted by Crippen LogP contribution is -2.54. The van der Waals surface area contributed by atoms with Gasteiger partial charge < -0.3 is 20.6 Å². The smallest absolute Gasteiger partial charge is 0.329 e. The normalized spacial score (nSPS) is 11.1. The molecule has 0 radical (unpaired) electrons. The summed E-state index contributed by atoms with van der Waals surface area (Å²) >= 11 is 0. The number of urea groups is 1. The molecule has 0 spiro atoms. The average molecular weight is 245 g/mol. The van der Waals surface area contributed by atoms with Crippen molar-refractivity contribution in [3.63, 3.8) is 0 Å². The summed E-state index contributed by atoms with van der Waals surface area (Å²) in [6.45, 7) is 7.28. The van der Waals surface area contributed by atoms with E-state index in [4.69, 9.17) is 5.11 Å². The molecular weight excluding hydrogens is 222 g/mol. The van der Waals surface area contributed by atoms with Crippen LogP contribution in [0.5, 0.6) is 0 Å². The van der Waals surface area contributed by atoms with Crippen LogP contribution < -0.4 is 10.6 Å². The minimum absolute atomic E-state index is 0.367. The van der Waals surface area contributed by atoms with E-state index in [1.54, 1.807) is 0 Å². The third kappa shape index (κ3) is 5.04. The second kappa shape index (κ2) is 7.11. The lowest BCUT2D eigenvalue weighted by atomic mass is 10.1. The van der Waals surface area contributed by atoms with Crippen molar-refractivity contribution in [2.24, 2.45) is 0 Å². The molecule has 6 heteroatoms.